The van der Waals surface area contributed by atoms with E-state index in [0.29, 0.717) is 12.6 Å². The van der Waals surface area contributed by atoms with Crippen molar-refractivity contribution in [3.8, 4) is 0 Å². The summed E-state index contributed by atoms with van der Waals surface area (Å²) < 4.78 is 5.74. The Morgan fingerprint density at radius 1 is 1.20 bits per heavy atom. The highest BCUT2D eigenvalue weighted by Gasteiger charge is 2.16. The van der Waals surface area contributed by atoms with Crippen molar-refractivity contribution in [1.82, 2.24) is 15.5 Å². The fourth-order valence-electron chi connectivity index (χ4n) is 2.38. The zero-order valence-electron chi connectivity index (χ0n) is 12.1. The van der Waals surface area contributed by atoms with E-state index in [-0.39, 0.29) is 0 Å². The van der Waals surface area contributed by atoms with Gasteiger partial charge in [0.05, 0.1) is 19.3 Å². The molecule has 0 amide bonds. The lowest BCUT2D eigenvalue weighted by Gasteiger charge is -2.29. The van der Waals surface area contributed by atoms with Crippen LogP contribution in [0.1, 0.15) is 5.56 Å². The third-order valence-corrected chi connectivity index (χ3v) is 3.55. The van der Waals surface area contributed by atoms with Gasteiger partial charge in [-0.25, -0.2) is 0 Å². The van der Waals surface area contributed by atoms with Crippen LogP contribution in [0.15, 0.2) is 43.1 Å². The van der Waals surface area contributed by atoms with Crippen molar-refractivity contribution >= 4 is 0 Å². The van der Waals surface area contributed by atoms with E-state index in [9.17, 15) is 0 Å². The number of rotatable bonds is 7. The van der Waals surface area contributed by atoms with E-state index in [1.54, 1.807) is 0 Å². The van der Waals surface area contributed by atoms with Crippen molar-refractivity contribution in [3.05, 3.63) is 48.7 Å². The molecule has 2 N–H and O–H groups in total. The van der Waals surface area contributed by atoms with Crippen LogP contribution >= 0.6 is 0 Å². The molecule has 1 aliphatic rings. The Bertz CT molecular complexity index is 375. The van der Waals surface area contributed by atoms with E-state index >= 15 is 0 Å². The smallest absolute Gasteiger partial charge is 0.0717 e. The maximum absolute atomic E-state index is 5.74. The maximum Gasteiger partial charge on any atom is 0.0717 e. The Morgan fingerprint density at radius 2 is 1.90 bits per heavy atom. The molecule has 0 unspecified atom stereocenters. The quantitative estimate of drug-likeness (QED) is 0.734. The van der Waals surface area contributed by atoms with Crippen LogP contribution in [-0.2, 0) is 11.3 Å². The number of benzene rings is 1. The van der Waals surface area contributed by atoms with Gasteiger partial charge in [0.25, 0.3) is 0 Å². The molecule has 1 fully saturated rings. The van der Waals surface area contributed by atoms with E-state index in [1.807, 2.05) is 24.4 Å². The third-order valence-electron chi connectivity index (χ3n) is 3.55. The standard InChI is InChI=1S/C16H25N3O/c1-2-19(16-12-17-8-9-18-13-16)10-11-20-14-15-6-4-3-5-7-15/h2-7,16-18H,1,8-14H2. The SMILES string of the molecule is C=CN(CCOCc1ccccc1)C1CNCCNC1. The van der Waals surface area contributed by atoms with E-state index in [2.05, 4.69) is 34.2 Å². The molecular weight excluding hydrogens is 250 g/mol. The molecule has 4 nitrogen and oxygen atoms in total. The molecule has 1 aromatic rings. The second kappa shape index (κ2) is 8.74. The Balaban J connectivity index is 1.69. The molecule has 1 aromatic carbocycles. The predicted molar refractivity (Wildman–Crippen MR) is 82.5 cm³/mol. The molecule has 110 valence electrons. The van der Waals surface area contributed by atoms with Gasteiger partial charge in [0, 0.05) is 32.7 Å². The monoisotopic (exact) mass is 275 g/mol. The van der Waals surface area contributed by atoms with Crippen LogP contribution in [0.2, 0.25) is 0 Å². The lowest BCUT2D eigenvalue weighted by atomic mass is 10.2. The molecule has 0 radical (unpaired) electrons. The minimum Gasteiger partial charge on any atom is -0.375 e. The molecule has 1 aliphatic heterocycles. The molecule has 20 heavy (non-hydrogen) atoms. The summed E-state index contributed by atoms with van der Waals surface area (Å²) in [5, 5.41) is 6.87. The summed E-state index contributed by atoms with van der Waals surface area (Å²) in [5.74, 6) is 0. The van der Waals surface area contributed by atoms with E-state index in [4.69, 9.17) is 4.74 Å². The molecule has 4 heteroatoms. The summed E-state index contributed by atoms with van der Waals surface area (Å²) in [6.07, 6.45) is 1.92. The normalized spacial score (nSPS) is 16.6. The summed E-state index contributed by atoms with van der Waals surface area (Å²) in [4.78, 5) is 2.26. The molecule has 0 spiro atoms. The average Bonchev–Trinajstić information content (AvgIpc) is 2.78. The van der Waals surface area contributed by atoms with Gasteiger partial charge in [-0.1, -0.05) is 36.9 Å². The number of nitrogens with one attached hydrogen (secondary N) is 2. The zero-order chi connectivity index (χ0) is 14.0. The van der Waals surface area contributed by atoms with Gasteiger partial charge in [-0.05, 0) is 11.8 Å². The Labute approximate surface area is 121 Å². The van der Waals surface area contributed by atoms with Gasteiger partial charge < -0.3 is 20.3 Å². The van der Waals surface area contributed by atoms with Crippen LogP contribution in [0, 0.1) is 0 Å². The molecule has 0 saturated carbocycles. The first-order chi connectivity index (χ1) is 9.90. The Hall–Kier alpha value is -1.36. The lowest BCUT2D eigenvalue weighted by Crippen LogP contribution is -2.43. The highest BCUT2D eigenvalue weighted by atomic mass is 16.5. The average molecular weight is 275 g/mol. The van der Waals surface area contributed by atoms with Crippen LogP contribution in [0.4, 0.5) is 0 Å². The van der Waals surface area contributed by atoms with Crippen molar-refractivity contribution < 1.29 is 4.74 Å². The predicted octanol–water partition coefficient (Wildman–Crippen LogP) is 1.21. The fraction of sp³-hybridized carbons (Fsp3) is 0.500. The van der Waals surface area contributed by atoms with Crippen LogP contribution < -0.4 is 10.6 Å². The first-order valence-electron chi connectivity index (χ1n) is 7.31. The van der Waals surface area contributed by atoms with Crippen LogP contribution in [-0.4, -0.2) is 50.3 Å². The van der Waals surface area contributed by atoms with Crippen LogP contribution in [0.5, 0.6) is 0 Å². The molecule has 0 aromatic heterocycles. The number of nitrogens with zero attached hydrogens (tertiary/aromatic N) is 1. The van der Waals surface area contributed by atoms with E-state index < -0.39 is 0 Å². The van der Waals surface area contributed by atoms with Crippen molar-refractivity contribution in [1.29, 1.82) is 0 Å². The van der Waals surface area contributed by atoms with Gasteiger partial charge in [-0.15, -0.1) is 0 Å². The summed E-state index contributed by atoms with van der Waals surface area (Å²) in [6.45, 7) is 10.3. The summed E-state index contributed by atoms with van der Waals surface area (Å²) in [6, 6.07) is 10.7. The Kier molecular flexibility index (Phi) is 6.57. The van der Waals surface area contributed by atoms with E-state index in [1.165, 1.54) is 5.56 Å². The van der Waals surface area contributed by atoms with Crippen LogP contribution in [0.25, 0.3) is 0 Å². The maximum atomic E-state index is 5.74. The van der Waals surface area contributed by atoms with Gasteiger partial charge in [0.15, 0.2) is 0 Å². The second-order valence-electron chi connectivity index (χ2n) is 5.02. The molecule has 0 atom stereocenters. The molecule has 2 rings (SSSR count). The first kappa shape index (κ1) is 15.0. The Morgan fingerprint density at radius 3 is 2.55 bits per heavy atom. The van der Waals surface area contributed by atoms with Crippen molar-refractivity contribution in [3.63, 3.8) is 0 Å². The summed E-state index contributed by atoms with van der Waals surface area (Å²) in [5.41, 5.74) is 1.22. The lowest BCUT2D eigenvalue weighted by molar-refractivity contribution is 0.0950. The van der Waals surface area contributed by atoms with E-state index in [0.717, 1.165) is 39.3 Å². The number of hydrogen-bond donors (Lipinski definition) is 2. The number of hydrogen-bond acceptors (Lipinski definition) is 4. The van der Waals surface area contributed by atoms with Crippen LogP contribution in [0.3, 0.4) is 0 Å². The van der Waals surface area contributed by atoms with Gasteiger partial charge >= 0.3 is 0 Å². The zero-order valence-corrected chi connectivity index (χ0v) is 12.1. The highest BCUT2D eigenvalue weighted by molar-refractivity contribution is 5.13. The fourth-order valence-corrected chi connectivity index (χ4v) is 2.38. The van der Waals surface area contributed by atoms with Gasteiger partial charge in [-0.2, -0.15) is 0 Å². The van der Waals surface area contributed by atoms with Crippen molar-refractivity contribution in [2.45, 2.75) is 12.6 Å². The molecule has 0 bridgehead atoms. The summed E-state index contributed by atoms with van der Waals surface area (Å²) in [7, 11) is 0. The molecule has 0 aliphatic carbocycles. The van der Waals surface area contributed by atoms with Crippen molar-refractivity contribution in [2.24, 2.45) is 0 Å². The molecule has 1 saturated heterocycles. The molecule has 1 heterocycles. The third kappa shape index (κ3) is 4.96. The van der Waals surface area contributed by atoms with Gasteiger partial charge in [-0.3, -0.25) is 0 Å². The number of ether oxygens (including phenoxy) is 1. The summed E-state index contributed by atoms with van der Waals surface area (Å²) >= 11 is 0. The highest BCUT2D eigenvalue weighted by Crippen LogP contribution is 2.03. The largest absolute Gasteiger partial charge is 0.375 e. The van der Waals surface area contributed by atoms with Gasteiger partial charge in [0.2, 0.25) is 0 Å². The van der Waals surface area contributed by atoms with Crippen molar-refractivity contribution in [2.75, 3.05) is 39.3 Å². The topological polar surface area (TPSA) is 36.5 Å². The minimum absolute atomic E-state index is 0.454. The first-order valence-corrected chi connectivity index (χ1v) is 7.31. The van der Waals surface area contributed by atoms with Gasteiger partial charge in [0.1, 0.15) is 0 Å². The second-order valence-corrected chi connectivity index (χ2v) is 5.02. The minimum atomic E-state index is 0.454. The molecular formula is C16H25N3O.